The quantitative estimate of drug-likeness (QED) is 0.247. The minimum Gasteiger partial charge on any atom is -0.494 e. The van der Waals surface area contributed by atoms with Gasteiger partial charge in [-0.2, -0.15) is 5.26 Å². The molecule has 8 heteroatoms. The highest BCUT2D eigenvalue weighted by atomic mass is 16.6. The van der Waals surface area contributed by atoms with Gasteiger partial charge >= 0.3 is 0 Å². The summed E-state index contributed by atoms with van der Waals surface area (Å²) in [6.07, 6.45) is 1.51. The minimum absolute atomic E-state index is 0.0153. The van der Waals surface area contributed by atoms with E-state index in [-0.39, 0.29) is 11.3 Å². The molecule has 0 unspecified atom stereocenters. The molecule has 32 heavy (non-hydrogen) atoms. The number of aryl methyl sites for hydroxylation is 1. The number of nitro groups is 1. The van der Waals surface area contributed by atoms with E-state index in [4.69, 9.17) is 4.74 Å². The molecule has 0 spiro atoms. The largest absolute Gasteiger partial charge is 0.494 e. The molecule has 3 rings (SSSR count). The van der Waals surface area contributed by atoms with Crippen molar-refractivity contribution in [3.8, 4) is 17.5 Å². The van der Waals surface area contributed by atoms with Gasteiger partial charge in [0.15, 0.2) is 0 Å². The molecule has 2 aromatic carbocycles. The third-order valence-electron chi connectivity index (χ3n) is 4.84. The van der Waals surface area contributed by atoms with Crippen molar-refractivity contribution in [2.24, 2.45) is 0 Å². The zero-order valence-electron chi connectivity index (χ0n) is 18.0. The fourth-order valence-electron chi connectivity index (χ4n) is 3.41. The van der Waals surface area contributed by atoms with E-state index in [0.717, 1.165) is 11.4 Å². The number of hydrogen-bond acceptors (Lipinski definition) is 5. The van der Waals surface area contributed by atoms with Gasteiger partial charge in [-0.15, -0.1) is 0 Å². The van der Waals surface area contributed by atoms with E-state index >= 15 is 0 Å². The average molecular weight is 430 g/mol. The molecule has 3 aromatic rings. The third-order valence-corrected chi connectivity index (χ3v) is 4.84. The Morgan fingerprint density at radius 2 is 1.97 bits per heavy atom. The van der Waals surface area contributed by atoms with Crippen molar-refractivity contribution in [1.29, 1.82) is 5.26 Å². The van der Waals surface area contributed by atoms with Crippen molar-refractivity contribution >= 4 is 23.4 Å². The average Bonchev–Trinajstić information content (AvgIpc) is 3.05. The highest BCUT2D eigenvalue weighted by Gasteiger charge is 2.15. The summed E-state index contributed by atoms with van der Waals surface area (Å²) in [5.74, 6) is 0.0783. The number of amides is 1. The summed E-state index contributed by atoms with van der Waals surface area (Å²) in [7, 11) is 0. The van der Waals surface area contributed by atoms with Crippen molar-refractivity contribution < 1.29 is 14.5 Å². The van der Waals surface area contributed by atoms with Gasteiger partial charge in [-0.1, -0.05) is 12.1 Å². The van der Waals surface area contributed by atoms with Crippen molar-refractivity contribution in [3.63, 3.8) is 0 Å². The Morgan fingerprint density at radius 1 is 1.22 bits per heavy atom. The second kappa shape index (κ2) is 9.62. The van der Waals surface area contributed by atoms with Gasteiger partial charge in [0.05, 0.1) is 17.2 Å². The molecular weight excluding hydrogens is 408 g/mol. The van der Waals surface area contributed by atoms with Crippen LogP contribution in [0.4, 0.5) is 11.4 Å². The molecule has 0 bridgehead atoms. The topological polar surface area (TPSA) is 110 Å². The van der Waals surface area contributed by atoms with Crippen LogP contribution in [0, 0.1) is 35.3 Å². The minimum atomic E-state index is -0.540. The zero-order chi connectivity index (χ0) is 23.3. The van der Waals surface area contributed by atoms with Gasteiger partial charge in [0.1, 0.15) is 17.4 Å². The van der Waals surface area contributed by atoms with Gasteiger partial charge < -0.3 is 14.6 Å². The number of nitrogens with zero attached hydrogens (tertiary/aromatic N) is 3. The van der Waals surface area contributed by atoms with Crippen LogP contribution in [-0.2, 0) is 4.79 Å². The van der Waals surface area contributed by atoms with Crippen molar-refractivity contribution in [2.45, 2.75) is 20.8 Å². The standard InChI is InChI=1S/C24H22N4O4/c1-4-32-23-10-5-7-20(13-23)26-24(29)19(15-25)12-18-11-16(2)27(17(18)3)21-8-6-9-22(14-21)28(30)31/h5-14H,4H2,1-3H3,(H,26,29)/b19-12+. The molecule has 1 amide bonds. The Kier molecular flexibility index (Phi) is 6.71. The number of nitriles is 1. The number of carbonyl (C=O) groups excluding carboxylic acids is 1. The fourth-order valence-corrected chi connectivity index (χ4v) is 3.41. The summed E-state index contributed by atoms with van der Waals surface area (Å²) in [5, 5.41) is 23.4. The normalized spacial score (nSPS) is 11.0. The zero-order valence-corrected chi connectivity index (χ0v) is 18.0. The number of nitro benzene ring substituents is 1. The van der Waals surface area contributed by atoms with Crippen LogP contribution in [0.5, 0.6) is 5.75 Å². The number of ether oxygens (including phenoxy) is 1. The van der Waals surface area contributed by atoms with Crippen LogP contribution < -0.4 is 10.1 Å². The first-order chi connectivity index (χ1) is 15.3. The lowest BCUT2D eigenvalue weighted by Crippen LogP contribution is -2.13. The molecule has 162 valence electrons. The molecule has 0 fully saturated rings. The molecule has 0 aliphatic rings. The van der Waals surface area contributed by atoms with E-state index < -0.39 is 10.8 Å². The molecule has 1 aromatic heterocycles. The number of benzene rings is 2. The Morgan fingerprint density at radius 3 is 2.66 bits per heavy atom. The maximum absolute atomic E-state index is 12.7. The fraction of sp³-hybridized carbons (Fsp3) is 0.167. The van der Waals surface area contributed by atoms with E-state index in [1.807, 2.05) is 37.5 Å². The lowest BCUT2D eigenvalue weighted by Gasteiger charge is -2.09. The van der Waals surface area contributed by atoms with Crippen LogP contribution in [0.2, 0.25) is 0 Å². The maximum Gasteiger partial charge on any atom is 0.271 e. The van der Waals surface area contributed by atoms with Crippen LogP contribution in [0.15, 0.2) is 60.2 Å². The second-order valence-electron chi connectivity index (χ2n) is 7.02. The van der Waals surface area contributed by atoms with Gasteiger partial charge in [-0.3, -0.25) is 14.9 Å². The highest BCUT2D eigenvalue weighted by Crippen LogP contribution is 2.25. The molecule has 0 aliphatic carbocycles. The molecule has 0 atom stereocenters. The predicted molar refractivity (Wildman–Crippen MR) is 122 cm³/mol. The molecule has 1 N–H and O–H groups in total. The number of anilines is 1. The Bertz CT molecular complexity index is 1250. The van der Waals surface area contributed by atoms with E-state index in [1.165, 1.54) is 18.2 Å². The van der Waals surface area contributed by atoms with Crippen molar-refractivity contribution in [2.75, 3.05) is 11.9 Å². The van der Waals surface area contributed by atoms with Crippen molar-refractivity contribution in [3.05, 3.63) is 87.2 Å². The maximum atomic E-state index is 12.7. The number of carbonyl (C=O) groups is 1. The van der Waals surface area contributed by atoms with E-state index in [1.54, 1.807) is 36.4 Å². The molecular formula is C24H22N4O4. The van der Waals surface area contributed by atoms with Gasteiger partial charge in [0, 0.05) is 35.3 Å². The second-order valence-corrected chi connectivity index (χ2v) is 7.02. The first kappa shape index (κ1) is 22.3. The first-order valence-corrected chi connectivity index (χ1v) is 9.93. The number of aromatic nitrogens is 1. The number of non-ortho nitro benzene ring substituents is 1. The van der Waals surface area contributed by atoms with Crippen LogP contribution in [0.3, 0.4) is 0 Å². The number of nitrogens with one attached hydrogen (secondary N) is 1. The number of hydrogen-bond donors (Lipinski definition) is 1. The van der Waals surface area contributed by atoms with Gasteiger partial charge in [-0.25, -0.2) is 0 Å². The Balaban J connectivity index is 1.91. The lowest BCUT2D eigenvalue weighted by atomic mass is 10.1. The van der Waals surface area contributed by atoms with Crippen molar-refractivity contribution in [1.82, 2.24) is 4.57 Å². The highest BCUT2D eigenvalue weighted by molar-refractivity contribution is 6.09. The summed E-state index contributed by atoms with van der Waals surface area (Å²) >= 11 is 0. The monoisotopic (exact) mass is 430 g/mol. The summed E-state index contributed by atoms with van der Waals surface area (Å²) in [5.41, 5.74) is 3.31. The summed E-state index contributed by atoms with van der Waals surface area (Å²) in [6.45, 7) is 6.05. The van der Waals surface area contributed by atoms with Gasteiger partial charge in [-0.05, 0) is 56.7 Å². The van der Waals surface area contributed by atoms with Crippen LogP contribution in [-0.4, -0.2) is 22.0 Å². The van der Waals surface area contributed by atoms with E-state index in [9.17, 15) is 20.2 Å². The van der Waals surface area contributed by atoms with Crippen LogP contribution in [0.1, 0.15) is 23.9 Å². The SMILES string of the molecule is CCOc1cccc(NC(=O)/C(C#N)=C/c2cc(C)n(-c3cccc([N+](=O)[O-])c3)c2C)c1. The Labute approximate surface area is 185 Å². The van der Waals surface area contributed by atoms with E-state index in [2.05, 4.69) is 5.32 Å². The third kappa shape index (κ3) is 4.84. The predicted octanol–water partition coefficient (Wildman–Crippen LogP) is 4.95. The van der Waals surface area contributed by atoms with E-state index in [0.29, 0.717) is 29.3 Å². The molecule has 0 saturated carbocycles. The molecule has 1 heterocycles. The number of rotatable bonds is 7. The molecule has 0 saturated heterocycles. The van der Waals surface area contributed by atoms with Crippen LogP contribution in [0.25, 0.3) is 11.8 Å². The summed E-state index contributed by atoms with van der Waals surface area (Å²) < 4.78 is 7.28. The molecule has 0 aliphatic heterocycles. The van der Waals surface area contributed by atoms with Gasteiger partial charge in [0.2, 0.25) is 0 Å². The summed E-state index contributed by atoms with van der Waals surface area (Å²) in [4.78, 5) is 23.4. The Hall–Kier alpha value is -4.38. The molecule has 0 radical (unpaired) electrons. The molecule has 8 nitrogen and oxygen atoms in total. The lowest BCUT2D eigenvalue weighted by molar-refractivity contribution is -0.384. The summed E-state index contributed by atoms with van der Waals surface area (Å²) in [6, 6.07) is 17.0. The smallest absolute Gasteiger partial charge is 0.271 e. The van der Waals surface area contributed by atoms with Crippen LogP contribution >= 0.6 is 0 Å². The first-order valence-electron chi connectivity index (χ1n) is 9.93. The van der Waals surface area contributed by atoms with Gasteiger partial charge in [0.25, 0.3) is 11.6 Å².